The molecule has 1 fully saturated rings. The topological polar surface area (TPSA) is 84.7 Å². The van der Waals surface area contributed by atoms with Crippen LogP contribution in [0.3, 0.4) is 0 Å². The van der Waals surface area contributed by atoms with Crippen molar-refractivity contribution in [2.75, 3.05) is 10.6 Å². The number of aromatic nitrogens is 4. The van der Waals surface area contributed by atoms with Crippen LogP contribution < -0.4 is 10.6 Å². The number of fused-ring (bicyclic) bond motifs is 1. The van der Waals surface area contributed by atoms with Crippen molar-refractivity contribution in [3.8, 4) is 5.82 Å². The van der Waals surface area contributed by atoms with Crippen molar-refractivity contribution in [3.63, 3.8) is 0 Å². The standard InChI is InChI=1S/C20H22F2N6O/c1-4-12-10-28(15-7-16(24-11(2)29)23-9-14(12)15)18-8-17(25-13-5-6-13)26-19(27-18)20(3,21)22/h7-10,13H,4-6H2,1-3H3,(H,23,24,29)(H,25,26,27). The highest BCUT2D eigenvalue weighted by atomic mass is 19.3. The van der Waals surface area contributed by atoms with E-state index >= 15 is 0 Å². The molecule has 2 N–H and O–H groups in total. The highest BCUT2D eigenvalue weighted by Crippen LogP contribution is 2.31. The number of carbonyl (C=O) groups is 1. The Balaban J connectivity index is 1.89. The minimum atomic E-state index is -3.17. The van der Waals surface area contributed by atoms with Crippen LogP contribution >= 0.6 is 0 Å². The van der Waals surface area contributed by atoms with E-state index in [9.17, 15) is 13.6 Å². The van der Waals surface area contributed by atoms with Crippen molar-refractivity contribution < 1.29 is 13.6 Å². The van der Waals surface area contributed by atoms with Gasteiger partial charge in [0.1, 0.15) is 17.5 Å². The number of anilines is 2. The number of amides is 1. The third-order valence-electron chi connectivity index (χ3n) is 4.74. The molecule has 3 heterocycles. The van der Waals surface area contributed by atoms with Crippen LogP contribution in [0.2, 0.25) is 0 Å². The van der Waals surface area contributed by atoms with Gasteiger partial charge >= 0.3 is 5.92 Å². The zero-order valence-corrected chi connectivity index (χ0v) is 16.5. The molecule has 0 aromatic carbocycles. The van der Waals surface area contributed by atoms with Gasteiger partial charge in [0, 0.05) is 49.8 Å². The summed E-state index contributed by atoms with van der Waals surface area (Å²) in [6, 6.07) is 3.65. The molecule has 0 saturated heterocycles. The maximum Gasteiger partial charge on any atom is 0.303 e. The predicted octanol–water partition coefficient (Wildman–Crippen LogP) is 4.02. The Labute approximate surface area is 166 Å². The number of carbonyl (C=O) groups excluding carboxylic acids is 1. The van der Waals surface area contributed by atoms with Crippen molar-refractivity contribution in [1.82, 2.24) is 19.5 Å². The van der Waals surface area contributed by atoms with Crippen LogP contribution in [-0.2, 0) is 17.1 Å². The van der Waals surface area contributed by atoms with E-state index in [4.69, 9.17) is 0 Å². The van der Waals surface area contributed by atoms with Crippen LogP contribution in [0.25, 0.3) is 16.7 Å². The molecule has 1 saturated carbocycles. The molecule has 0 unspecified atom stereocenters. The lowest BCUT2D eigenvalue weighted by Gasteiger charge is -2.14. The molecule has 0 spiro atoms. The van der Waals surface area contributed by atoms with Crippen LogP contribution in [0.1, 0.15) is 45.0 Å². The molecular formula is C20H22F2N6O. The second-order valence-electron chi connectivity index (χ2n) is 7.39. The summed E-state index contributed by atoms with van der Waals surface area (Å²) in [4.78, 5) is 23.8. The van der Waals surface area contributed by atoms with E-state index in [-0.39, 0.29) is 11.9 Å². The largest absolute Gasteiger partial charge is 0.367 e. The molecule has 0 aliphatic heterocycles. The molecule has 1 aliphatic carbocycles. The third-order valence-corrected chi connectivity index (χ3v) is 4.74. The molecule has 0 bridgehead atoms. The number of rotatable bonds is 6. The Kier molecular flexibility index (Phi) is 4.68. The average molecular weight is 400 g/mol. The van der Waals surface area contributed by atoms with Gasteiger partial charge in [0.25, 0.3) is 0 Å². The van der Waals surface area contributed by atoms with E-state index < -0.39 is 11.7 Å². The van der Waals surface area contributed by atoms with Crippen LogP contribution in [0.15, 0.2) is 24.5 Å². The molecule has 152 valence electrons. The minimum Gasteiger partial charge on any atom is -0.367 e. The van der Waals surface area contributed by atoms with Crippen molar-refractivity contribution in [3.05, 3.63) is 35.9 Å². The van der Waals surface area contributed by atoms with Crippen molar-refractivity contribution in [1.29, 1.82) is 0 Å². The fraction of sp³-hybridized carbons (Fsp3) is 0.400. The lowest BCUT2D eigenvalue weighted by molar-refractivity contribution is -0.114. The number of aryl methyl sites for hydroxylation is 1. The van der Waals surface area contributed by atoms with Gasteiger partial charge in [-0.15, -0.1) is 0 Å². The first-order chi connectivity index (χ1) is 13.7. The molecule has 9 heteroatoms. The fourth-order valence-corrected chi connectivity index (χ4v) is 3.17. The quantitative estimate of drug-likeness (QED) is 0.653. The maximum absolute atomic E-state index is 14.1. The zero-order chi connectivity index (χ0) is 20.8. The predicted molar refractivity (Wildman–Crippen MR) is 107 cm³/mol. The van der Waals surface area contributed by atoms with Crippen molar-refractivity contribution in [2.24, 2.45) is 0 Å². The Morgan fingerprint density at radius 1 is 1.28 bits per heavy atom. The number of pyridine rings is 1. The lowest BCUT2D eigenvalue weighted by Crippen LogP contribution is -2.17. The van der Waals surface area contributed by atoms with Crippen molar-refractivity contribution >= 4 is 28.4 Å². The first-order valence-electron chi connectivity index (χ1n) is 9.56. The molecule has 1 amide bonds. The van der Waals surface area contributed by atoms with Gasteiger partial charge < -0.3 is 15.2 Å². The molecule has 29 heavy (non-hydrogen) atoms. The molecule has 1 aliphatic rings. The minimum absolute atomic E-state index is 0.239. The van der Waals surface area contributed by atoms with Gasteiger partial charge in [0.05, 0.1) is 5.52 Å². The summed E-state index contributed by atoms with van der Waals surface area (Å²) in [7, 11) is 0. The average Bonchev–Trinajstić information content (AvgIpc) is 3.38. The molecule has 7 nitrogen and oxygen atoms in total. The number of halogens is 2. The maximum atomic E-state index is 14.1. The number of hydrogen-bond acceptors (Lipinski definition) is 5. The van der Waals surface area contributed by atoms with Crippen LogP contribution in [0.4, 0.5) is 20.4 Å². The molecule has 0 atom stereocenters. The Morgan fingerprint density at radius 3 is 2.66 bits per heavy atom. The monoisotopic (exact) mass is 400 g/mol. The summed E-state index contributed by atoms with van der Waals surface area (Å²) in [5.41, 5.74) is 1.73. The summed E-state index contributed by atoms with van der Waals surface area (Å²) in [5, 5.41) is 6.71. The second kappa shape index (κ2) is 7.06. The summed E-state index contributed by atoms with van der Waals surface area (Å²) < 4.78 is 29.9. The highest BCUT2D eigenvalue weighted by molar-refractivity contribution is 5.92. The zero-order valence-electron chi connectivity index (χ0n) is 16.5. The highest BCUT2D eigenvalue weighted by Gasteiger charge is 2.31. The van der Waals surface area contributed by atoms with Crippen LogP contribution in [-0.4, -0.2) is 31.5 Å². The summed E-state index contributed by atoms with van der Waals surface area (Å²) in [6.45, 7) is 4.20. The molecule has 4 rings (SSSR count). The van der Waals surface area contributed by atoms with E-state index in [0.29, 0.717) is 17.5 Å². The number of nitrogens with one attached hydrogen (secondary N) is 2. The van der Waals surface area contributed by atoms with Gasteiger partial charge in [-0.1, -0.05) is 6.92 Å². The van der Waals surface area contributed by atoms with E-state index in [1.54, 1.807) is 22.9 Å². The summed E-state index contributed by atoms with van der Waals surface area (Å²) in [5.74, 6) is -2.84. The third kappa shape index (κ3) is 4.03. The molecule has 3 aromatic rings. The van der Waals surface area contributed by atoms with E-state index in [1.165, 1.54) is 6.92 Å². The Hall–Kier alpha value is -3.10. The van der Waals surface area contributed by atoms with Gasteiger partial charge in [-0.25, -0.2) is 15.0 Å². The van der Waals surface area contributed by atoms with E-state index in [1.807, 2.05) is 13.1 Å². The van der Waals surface area contributed by atoms with Crippen LogP contribution in [0, 0.1) is 0 Å². The van der Waals surface area contributed by atoms with Crippen molar-refractivity contribution in [2.45, 2.75) is 52.0 Å². The van der Waals surface area contributed by atoms with Crippen LogP contribution in [0.5, 0.6) is 0 Å². The number of nitrogens with zero attached hydrogens (tertiary/aromatic N) is 4. The van der Waals surface area contributed by atoms with Gasteiger partial charge in [0.2, 0.25) is 11.7 Å². The van der Waals surface area contributed by atoms with E-state index in [0.717, 1.165) is 42.7 Å². The number of hydrogen-bond donors (Lipinski definition) is 2. The SMILES string of the molecule is CCc1cn(-c2cc(NC3CC3)nc(C(C)(F)F)n2)c2cc(NC(C)=O)ncc12. The molecule has 0 radical (unpaired) electrons. The van der Waals surface area contributed by atoms with Gasteiger partial charge in [-0.3, -0.25) is 4.79 Å². The first-order valence-corrected chi connectivity index (χ1v) is 9.56. The Bertz CT molecular complexity index is 1080. The molecule has 3 aromatic heterocycles. The first kappa shape index (κ1) is 19.2. The Morgan fingerprint density at radius 2 is 2.03 bits per heavy atom. The number of alkyl halides is 2. The normalized spacial score (nSPS) is 14.2. The van der Waals surface area contributed by atoms with E-state index in [2.05, 4.69) is 25.6 Å². The van der Waals surface area contributed by atoms with Gasteiger partial charge in [0.15, 0.2) is 0 Å². The summed E-state index contributed by atoms with van der Waals surface area (Å²) in [6.07, 6.45) is 6.27. The molecular weight excluding hydrogens is 378 g/mol. The van der Waals surface area contributed by atoms with Gasteiger partial charge in [-0.2, -0.15) is 8.78 Å². The van der Waals surface area contributed by atoms with Gasteiger partial charge in [-0.05, 0) is 24.8 Å². The fourth-order valence-electron chi connectivity index (χ4n) is 3.17. The lowest BCUT2D eigenvalue weighted by atomic mass is 10.2. The smallest absolute Gasteiger partial charge is 0.303 e. The summed E-state index contributed by atoms with van der Waals surface area (Å²) >= 11 is 0. The second-order valence-corrected chi connectivity index (χ2v) is 7.39.